The molecule has 1 heterocycles. The molecule has 1 aromatic carbocycles. The summed E-state index contributed by atoms with van der Waals surface area (Å²) in [5.41, 5.74) is 4.03. The highest BCUT2D eigenvalue weighted by molar-refractivity contribution is 5.85. The zero-order chi connectivity index (χ0) is 14.5. The summed E-state index contributed by atoms with van der Waals surface area (Å²) in [6.07, 6.45) is 0. The number of para-hydroxylation sites is 1. The van der Waals surface area contributed by atoms with Crippen molar-refractivity contribution in [2.45, 2.75) is 27.3 Å². The lowest BCUT2D eigenvalue weighted by atomic mass is 10.1. The lowest BCUT2D eigenvalue weighted by Crippen LogP contribution is -2.21. The second-order valence-electron chi connectivity index (χ2n) is 5.79. The van der Waals surface area contributed by atoms with Gasteiger partial charge < -0.3 is 14.6 Å². The third-order valence-electron chi connectivity index (χ3n) is 3.67. The van der Waals surface area contributed by atoms with E-state index in [0.717, 1.165) is 26.3 Å². The average molecular weight is 274 g/mol. The van der Waals surface area contributed by atoms with Crippen LogP contribution in [0, 0.1) is 12.8 Å². The molecule has 110 valence electrons. The normalized spacial score (nSPS) is 11.7. The Kier molecular flexibility index (Phi) is 5.21. The first-order valence-corrected chi connectivity index (χ1v) is 7.42. The maximum absolute atomic E-state index is 5.58. The van der Waals surface area contributed by atoms with Gasteiger partial charge in [0.25, 0.3) is 0 Å². The second-order valence-corrected chi connectivity index (χ2v) is 5.79. The molecule has 0 bridgehead atoms. The highest BCUT2D eigenvalue weighted by atomic mass is 16.5. The summed E-state index contributed by atoms with van der Waals surface area (Å²) < 4.78 is 7.87. The molecule has 1 N–H and O–H groups in total. The summed E-state index contributed by atoms with van der Waals surface area (Å²) in [5.74, 6) is 0.607. The molecule has 0 unspecified atom stereocenters. The Bertz CT molecular complexity index is 518. The highest BCUT2D eigenvalue weighted by Crippen LogP contribution is 2.24. The zero-order valence-corrected chi connectivity index (χ0v) is 13.1. The molecule has 0 aliphatic heterocycles. The predicted octanol–water partition coefficient (Wildman–Crippen LogP) is 3.25. The van der Waals surface area contributed by atoms with E-state index in [1.807, 2.05) is 0 Å². The van der Waals surface area contributed by atoms with Gasteiger partial charge in [-0.05, 0) is 24.5 Å². The topological polar surface area (TPSA) is 26.2 Å². The van der Waals surface area contributed by atoms with Crippen LogP contribution in [0.25, 0.3) is 10.9 Å². The number of aromatic nitrogens is 1. The van der Waals surface area contributed by atoms with Crippen molar-refractivity contribution >= 4 is 10.9 Å². The van der Waals surface area contributed by atoms with Crippen LogP contribution < -0.4 is 5.32 Å². The third kappa shape index (κ3) is 3.41. The molecule has 0 fully saturated rings. The fraction of sp³-hybridized carbons (Fsp3) is 0.529. The Hall–Kier alpha value is -1.32. The van der Waals surface area contributed by atoms with Gasteiger partial charge in [-0.2, -0.15) is 0 Å². The monoisotopic (exact) mass is 274 g/mol. The summed E-state index contributed by atoms with van der Waals surface area (Å²) in [7, 11) is 2.14. The first-order valence-electron chi connectivity index (χ1n) is 7.42. The molecular weight excluding hydrogens is 248 g/mol. The number of hydrogen-bond acceptors (Lipinski definition) is 2. The van der Waals surface area contributed by atoms with Crippen molar-refractivity contribution in [3.8, 4) is 0 Å². The molecule has 20 heavy (non-hydrogen) atoms. The van der Waals surface area contributed by atoms with Crippen LogP contribution in [0.15, 0.2) is 24.3 Å². The lowest BCUT2D eigenvalue weighted by Gasteiger charge is -2.09. The molecule has 0 amide bonds. The molecule has 0 saturated carbocycles. The number of nitrogens with zero attached hydrogens (tertiary/aromatic N) is 1. The SMILES string of the molecule is Cc1c(CNCCOCC(C)C)n(C)c2ccccc12. The summed E-state index contributed by atoms with van der Waals surface area (Å²) in [5, 5.41) is 4.82. The Morgan fingerprint density at radius 2 is 2.00 bits per heavy atom. The summed E-state index contributed by atoms with van der Waals surface area (Å²) in [6.45, 7) is 9.96. The van der Waals surface area contributed by atoms with E-state index in [-0.39, 0.29) is 0 Å². The maximum atomic E-state index is 5.58. The first kappa shape index (κ1) is 15.1. The van der Waals surface area contributed by atoms with Crippen molar-refractivity contribution in [3.63, 3.8) is 0 Å². The van der Waals surface area contributed by atoms with Crippen molar-refractivity contribution < 1.29 is 4.74 Å². The molecule has 2 rings (SSSR count). The van der Waals surface area contributed by atoms with Crippen LogP contribution in [-0.2, 0) is 18.3 Å². The molecule has 1 aromatic heterocycles. The molecular formula is C17H26N2O. The molecule has 0 spiro atoms. The summed E-state index contributed by atoms with van der Waals surface area (Å²) in [4.78, 5) is 0. The minimum absolute atomic E-state index is 0.607. The highest BCUT2D eigenvalue weighted by Gasteiger charge is 2.10. The smallest absolute Gasteiger partial charge is 0.0591 e. The number of nitrogens with one attached hydrogen (secondary N) is 1. The van der Waals surface area contributed by atoms with Crippen molar-refractivity contribution in [1.29, 1.82) is 0 Å². The van der Waals surface area contributed by atoms with Crippen molar-refractivity contribution in [2.24, 2.45) is 13.0 Å². The Morgan fingerprint density at radius 1 is 1.25 bits per heavy atom. The van der Waals surface area contributed by atoms with Crippen LogP contribution in [0.5, 0.6) is 0 Å². The van der Waals surface area contributed by atoms with Crippen LogP contribution >= 0.6 is 0 Å². The fourth-order valence-electron chi connectivity index (χ4n) is 2.56. The van der Waals surface area contributed by atoms with Crippen molar-refractivity contribution in [2.75, 3.05) is 19.8 Å². The fourth-order valence-corrected chi connectivity index (χ4v) is 2.56. The van der Waals surface area contributed by atoms with Gasteiger partial charge >= 0.3 is 0 Å². The molecule has 0 aliphatic rings. The van der Waals surface area contributed by atoms with E-state index < -0.39 is 0 Å². The summed E-state index contributed by atoms with van der Waals surface area (Å²) in [6, 6.07) is 8.57. The van der Waals surface area contributed by atoms with Gasteiger partial charge in [-0.15, -0.1) is 0 Å². The molecule has 0 radical (unpaired) electrons. The van der Waals surface area contributed by atoms with E-state index >= 15 is 0 Å². The van der Waals surface area contributed by atoms with Gasteiger partial charge in [0.15, 0.2) is 0 Å². The average Bonchev–Trinajstić information content (AvgIpc) is 2.67. The molecule has 3 nitrogen and oxygen atoms in total. The van der Waals surface area contributed by atoms with Gasteiger partial charge in [0.05, 0.1) is 6.61 Å². The van der Waals surface area contributed by atoms with E-state index in [9.17, 15) is 0 Å². The van der Waals surface area contributed by atoms with E-state index in [2.05, 4.69) is 62.0 Å². The van der Waals surface area contributed by atoms with Crippen LogP contribution in [0.4, 0.5) is 0 Å². The largest absolute Gasteiger partial charge is 0.380 e. The van der Waals surface area contributed by atoms with Crippen molar-refractivity contribution in [1.82, 2.24) is 9.88 Å². The van der Waals surface area contributed by atoms with E-state index in [1.165, 1.54) is 22.2 Å². The second kappa shape index (κ2) is 6.91. The number of aryl methyl sites for hydroxylation is 2. The van der Waals surface area contributed by atoms with Crippen LogP contribution in [-0.4, -0.2) is 24.3 Å². The van der Waals surface area contributed by atoms with Crippen LogP contribution in [0.3, 0.4) is 0 Å². The third-order valence-corrected chi connectivity index (χ3v) is 3.67. The standard InChI is InChI=1S/C17H26N2O/c1-13(2)12-20-10-9-18-11-17-14(3)15-7-5-6-8-16(15)19(17)4/h5-8,13,18H,9-12H2,1-4H3. The van der Waals surface area contributed by atoms with Crippen LogP contribution in [0.1, 0.15) is 25.1 Å². The number of hydrogen-bond donors (Lipinski definition) is 1. The Labute approximate surface area is 121 Å². The molecule has 0 aliphatic carbocycles. The maximum Gasteiger partial charge on any atom is 0.0591 e. The van der Waals surface area contributed by atoms with Gasteiger partial charge in [0.2, 0.25) is 0 Å². The van der Waals surface area contributed by atoms with Gasteiger partial charge in [-0.1, -0.05) is 32.0 Å². The Morgan fingerprint density at radius 3 is 2.70 bits per heavy atom. The minimum atomic E-state index is 0.607. The molecule has 3 heteroatoms. The number of rotatable bonds is 7. The number of fused-ring (bicyclic) bond motifs is 1. The number of ether oxygens (including phenoxy) is 1. The predicted molar refractivity (Wildman–Crippen MR) is 85.0 cm³/mol. The molecule has 2 aromatic rings. The molecule has 0 saturated heterocycles. The number of benzene rings is 1. The van der Waals surface area contributed by atoms with Gasteiger partial charge in [0, 0.05) is 43.3 Å². The van der Waals surface area contributed by atoms with Crippen molar-refractivity contribution in [3.05, 3.63) is 35.5 Å². The van der Waals surface area contributed by atoms with Crippen LogP contribution in [0.2, 0.25) is 0 Å². The van der Waals surface area contributed by atoms with Gasteiger partial charge in [-0.3, -0.25) is 0 Å². The Balaban J connectivity index is 1.90. The minimum Gasteiger partial charge on any atom is -0.380 e. The van der Waals surface area contributed by atoms with Gasteiger partial charge in [0.1, 0.15) is 0 Å². The summed E-state index contributed by atoms with van der Waals surface area (Å²) >= 11 is 0. The lowest BCUT2D eigenvalue weighted by molar-refractivity contribution is 0.111. The first-order chi connectivity index (χ1) is 9.61. The van der Waals surface area contributed by atoms with Gasteiger partial charge in [-0.25, -0.2) is 0 Å². The molecule has 0 atom stereocenters. The zero-order valence-electron chi connectivity index (χ0n) is 13.1. The van der Waals surface area contributed by atoms with E-state index in [4.69, 9.17) is 4.74 Å². The van der Waals surface area contributed by atoms with E-state index in [0.29, 0.717) is 5.92 Å². The van der Waals surface area contributed by atoms with E-state index in [1.54, 1.807) is 0 Å². The quantitative estimate of drug-likeness (QED) is 0.784.